The van der Waals surface area contributed by atoms with E-state index >= 15 is 0 Å². The maximum absolute atomic E-state index is 12.9. The molecule has 3 rings (SSSR count). The highest BCUT2D eigenvalue weighted by Gasteiger charge is 2.25. The van der Waals surface area contributed by atoms with Gasteiger partial charge in [0.2, 0.25) is 5.91 Å². The molecule has 1 atom stereocenters. The van der Waals surface area contributed by atoms with E-state index in [2.05, 4.69) is 10.2 Å². The molecule has 2 fully saturated rings. The van der Waals surface area contributed by atoms with E-state index in [1.165, 1.54) is 25.5 Å². The summed E-state index contributed by atoms with van der Waals surface area (Å²) in [6.45, 7) is 7.26. The van der Waals surface area contributed by atoms with Crippen LogP contribution in [0.3, 0.4) is 0 Å². The van der Waals surface area contributed by atoms with Crippen LogP contribution in [0.15, 0.2) is 16.7 Å². The summed E-state index contributed by atoms with van der Waals surface area (Å²) in [5.74, 6) is 0.502. The van der Waals surface area contributed by atoms with Crippen molar-refractivity contribution in [1.29, 1.82) is 0 Å². The van der Waals surface area contributed by atoms with Gasteiger partial charge in [0.15, 0.2) is 0 Å². The quantitative estimate of drug-likeness (QED) is 0.699. The molecular formula is C21H33N3O4. The number of carbonyl (C=O) groups excluding carboxylic acids is 2. The highest BCUT2D eigenvalue weighted by molar-refractivity contribution is 5.95. The first-order valence-electron chi connectivity index (χ1n) is 10.6. The van der Waals surface area contributed by atoms with E-state index in [4.69, 9.17) is 9.15 Å². The lowest BCUT2D eigenvalue weighted by molar-refractivity contribution is -0.121. The number of nitrogens with zero attached hydrogens (tertiary/aromatic N) is 2. The first-order valence-corrected chi connectivity index (χ1v) is 10.6. The van der Waals surface area contributed by atoms with Gasteiger partial charge in [0.05, 0.1) is 17.9 Å². The maximum Gasteiger partial charge on any atom is 0.257 e. The van der Waals surface area contributed by atoms with Crippen molar-refractivity contribution in [3.8, 4) is 0 Å². The van der Waals surface area contributed by atoms with Gasteiger partial charge in [-0.3, -0.25) is 9.59 Å². The third-order valence-electron chi connectivity index (χ3n) is 5.63. The van der Waals surface area contributed by atoms with Crippen LogP contribution in [0.4, 0.5) is 0 Å². The van der Waals surface area contributed by atoms with Crippen molar-refractivity contribution in [2.45, 2.75) is 51.6 Å². The zero-order valence-corrected chi connectivity index (χ0v) is 17.0. The maximum atomic E-state index is 12.9. The van der Waals surface area contributed by atoms with E-state index in [1.807, 2.05) is 0 Å². The lowest BCUT2D eigenvalue weighted by atomic mass is 10.1. The van der Waals surface area contributed by atoms with Crippen molar-refractivity contribution in [1.82, 2.24) is 15.1 Å². The third kappa shape index (κ3) is 6.07. The number of hydrogen-bond acceptors (Lipinski definition) is 5. The summed E-state index contributed by atoms with van der Waals surface area (Å²) in [7, 11) is 0. The van der Waals surface area contributed by atoms with Crippen molar-refractivity contribution in [2.24, 2.45) is 0 Å². The number of aryl methyl sites for hydroxylation is 1. The van der Waals surface area contributed by atoms with Crippen LogP contribution >= 0.6 is 0 Å². The van der Waals surface area contributed by atoms with E-state index in [0.717, 1.165) is 39.1 Å². The number of ether oxygens (including phenoxy) is 1. The molecule has 2 amide bonds. The summed E-state index contributed by atoms with van der Waals surface area (Å²) in [5, 5.41) is 3.00. The second-order valence-electron chi connectivity index (χ2n) is 7.78. The Morgan fingerprint density at radius 2 is 2.07 bits per heavy atom. The highest BCUT2D eigenvalue weighted by Crippen LogP contribution is 2.17. The standard InChI is InChI=1S/C21H33N3O4/c1-17-19(8-15-27-17)21(26)24(16-18-6-5-14-28-18)12-7-20(25)22-9-13-23-10-3-2-4-11-23/h8,15,18H,2-7,9-14,16H2,1H3,(H,22,25). The predicted octanol–water partition coefficient (Wildman–Crippen LogP) is 2.20. The summed E-state index contributed by atoms with van der Waals surface area (Å²) in [6, 6.07) is 1.69. The normalized spacial score (nSPS) is 20.2. The fourth-order valence-corrected chi connectivity index (χ4v) is 3.95. The van der Waals surface area contributed by atoms with E-state index in [0.29, 0.717) is 37.4 Å². The number of carbonyl (C=O) groups is 2. The lowest BCUT2D eigenvalue weighted by Crippen LogP contribution is -2.41. The van der Waals surface area contributed by atoms with Crippen molar-refractivity contribution in [3.63, 3.8) is 0 Å². The smallest absolute Gasteiger partial charge is 0.257 e. The first kappa shape index (κ1) is 20.9. The average Bonchev–Trinajstić information content (AvgIpc) is 3.37. The fourth-order valence-electron chi connectivity index (χ4n) is 3.95. The lowest BCUT2D eigenvalue weighted by Gasteiger charge is -2.27. The van der Waals surface area contributed by atoms with Gasteiger partial charge in [-0.15, -0.1) is 0 Å². The number of nitrogens with one attached hydrogen (secondary N) is 1. The molecule has 0 saturated carbocycles. The van der Waals surface area contributed by atoms with Gasteiger partial charge in [-0.25, -0.2) is 0 Å². The van der Waals surface area contributed by atoms with Gasteiger partial charge in [-0.05, 0) is 51.8 Å². The molecule has 0 bridgehead atoms. The molecule has 0 spiro atoms. The molecule has 0 aliphatic carbocycles. The van der Waals surface area contributed by atoms with Crippen molar-refractivity contribution in [2.75, 3.05) is 45.9 Å². The number of rotatable bonds is 9. The number of likely N-dealkylation sites (tertiary alicyclic amines) is 1. The minimum atomic E-state index is -0.0946. The minimum Gasteiger partial charge on any atom is -0.469 e. The van der Waals surface area contributed by atoms with E-state index in [-0.39, 0.29) is 17.9 Å². The largest absolute Gasteiger partial charge is 0.469 e. The van der Waals surface area contributed by atoms with Gasteiger partial charge in [-0.2, -0.15) is 0 Å². The molecule has 7 nitrogen and oxygen atoms in total. The Bertz CT molecular complexity index is 633. The van der Waals surface area contributed by atoms with Crippen LogP contribution < -0.4 is 5.32 Å². The molecule has 156 valence electrons. The molecule has 2 aliphatic rings. The Balaban J connectivity index is 1.46. The second kappa shape index (κ2) is 10.6. The van der Waals surface area contributed by atoms with Gasteiger partial charge >= 0.3 is 0 Å². The minimum absolute atomic E-state index is 0.00827. The van der Waals surface area contributed by atoms with Gasteiger partial charge in [-0.1, -0.05) is 6.42 Å². The van der Waals surface area contributed by atoms with Crippen LogP contribution in [0.1, 0.15) is 54.6 Å². The fraction of sp³-hybridized carbons (Fsp3) is 0.714. The molecule has 1 aromatic heterocycles. The van der Waals surface area contributed by atoms with Crippen LogP contribution in [0, 0.1) is 6.92 Å². The SMILES string of the molecule is Cc1occc1C(=O)N(CCC(=O)NCCN1CCCCC1)CC1CCCO1. The summed E-state index contributed by atoms with van der Waals surface area (Å²) in [4.78, 5) is 29.3. The molecule has 28 heavy (non-hydrogen) atoms. The summed E-state index contributed by atoms with van der Waals surface area (Å²) in [6.07, 6.45) is 7.68. The molecule has 3 heterocycles. The zero-order valence-electron chi connectivity index (χ0n) is 17.0. The van der Waals surface area contributed by atoms with Gasteiger partial charge in [0, 0.05) is 39.2 Å². The summed E-state index contributed by atoms with van der Waals surface area (Å²) in [5.41, 5.74) is 0.559. The van der Waals surface area contributed by atoms with E-state index < -0.39 is 0 Å². The van der Waals surface area contributed by atoms with E-state index in [1.54, 1.807) is 17.9 Å². The highest BCUT2D eigenvalue weighted by atomic mass is 16.5. The molecule has 1 aromatic rings. The van der Waals surface area contributed by atoms with Crippen LogP contribution in [0.5, 0.6) is 0 Å². The molecular weight excluding hydrogens is 358 g/mol. The molecule has 0 aromatic carbocycles. The first-order chi connectivity index (χ1) is 13.6. The summed E-state index contributed by atoms with van der Waals surface area (Å²) >= 11 is 0. The van der Waals surface area contributed by atoms with Gasteiger partial charge in [0.1, 0.15) is 5.76 Å². The van der Waals surface area contributed by atoms with Crippen LogP contribution in [-0.4, -0.2) is 73.6 Å². The number of furan rings is 1. The molecule has 1 unspecified atom stereocenters. The van der Waals surface area contributed by atoms with Crippen molar-refractivity contribution in [3.05, 3.63) is 23.7 Å². The number of amides is 2. The monoisotopic (exact) mass is 391 g/mol. The molecule has 0 radical (unpaired) electrons. The van der Waals surface area contributed by atoms with Gasteiger partial charge in [0.25, 0.3) is 5.91 Å². The summed E-state index contributed by atoms with van der Waals surface area (Å²) < 4.78 is 11.0. The molecule has 2 aliphatic heterocycles. The Morgan fingerprint density at radius 1 is 1.25 bits per heavy atom. The van der Waals surface area contributed by atoms with Crippen molar-refractivity contribution >= 4 is 11.8 Å². The zero-order chi connectivity index (χ0) is 19.8. The van der Waals surface area contributed by atoms with Crippen molar-refractivity contribution < 1.29 is 18.7 Å². The number of hydrogen-bond donors (Lipinski definition) is 1. The average molecular weight is 392 g/mol. The number of piperidine rings is 1. The molecule has 7 heteroatoms. The predicted molar refractivity (Wildman–Crippen MR) is 106 cm³/mol. The second-order valence-corrected chi connectivity index (χ2v) is 7.78. The Morgan fingerprint density at radius 3 is 2.75 bits per heavy atom. The molecule has 1 N–H and O–H groups in total. The third-order valence-corrected chi connectivity index (χ3v) is 5.63. The topological polar surface area (TPSA) is 75.0 Å². The Kier molecular flexibility index (Phi) is 7.91. The van der Waals surface area contributed by atoms with Gasteiger partial charge < -0.3 is 24.3 Å². The van der Waals surface area contributed by atoms with E-state index in [9.17, 15) is 9.59 Å². The Labute approximate surface area is 167 Å². The van der Waals surface area contributed by atoms with Crippen LogP contribution in [-0.2, 0) is 9.53 Å². The van der Waals surface area contributed by atoms with Crippen LogP contribution in [0.25, 0.3) is 0 Å². The molecule has 2 saturated heterocycles. The Hall–Kier alpha value is -1.86. The van der Waals surface area contributed by atoms with Crippen LogP contribution in [0.2, 0.25) is 0 Å².